The van der Waals surface area contributed by atoms with Crippen LogP contribution in [0.2, 0.25) is 0 Å². The van der Waals surface area contributed by atoms with Gasteiger partial charge in [0.25, 0.3) is 0 Å². The van der Waals surface area contributed by atoms with Gasteiger partial charge in [-0.05, 0) is 34.5 Å². The predicted molar refractivity (Wildman–Crippen MR) is 78.5 cm³/mol. The number of aliphatic hydroxyl groups excluding tert-OH is 1. The molecule has 3 aromatic rings. The summed E-state index contributed by atoms with van der Waals surface area (Å²) in [6, 6.07) is 12.6. The Kier molecular flexibility index (Phi) is 3.67. The molecule has 1 heterocycles. The molecule has 0 fully saturated rings. The number of hydrogen-bond donors (Lipinski definition) is 1. The number of ether oxygens (including phenoxy) is 1. The number of benzene rings is 2. The van der Waals surface area contributed by atoms with Crippen LogP contribution < -0.4 is 4.74 Å². The van der Waals surface area contributed by atoms with E-state index in [2.05, 4.69) is 6.07 Å². The number of fused-ring (bicyclic) bond motifs is 1. The normalized spacial score (nSPS) is 10.9. The second-order valence-corrected chi connectivity index (χ2v) is 5.38. The van der Waals surface area contributed by atoms with Crippen LogP contribution in [0.5, 0.6) is 5.75 Å². The molecule has 20 heavy (non-hydrogen) atoms. The summed E-state index contributed by atoms with van der Waals surface area (Å²) in [6.07, 6.45) is 0. The second kappa shape index (κ2) is 5.61. The molecule has 1 N–H and O–H groups in total. The summed E-state index contributed by atoms with van der Waals surface area (Å²) in [5.74, 6) is -0.242. The van der Waals surface area contributed by atoms with E-state index >= 15 is 0 Å². The molecular formula is C16H13FO2S. The van der Waals surface area contributed by atoms with Crippen LogP contribution in [0.15, 0.2) is 47.8 Å². The molecule has 0 radical (unpaired) electrons. The summed E-state index contributed by atoms with van der Waals surface area (Å²) in [6.45, 7) is 0.159. The van der Waals surface area contributed by atoms with Crippen molar-refractivity contribution in [1.82, 2.24) is 0 Å². The van der Waals surface area contributed by atoms with Crippen molar-refractivity contribution < 1.29 is 14.2 Å². The number of aliphatic hydroxyl groups is 1. The molecular weight excluding hydrogens is 275 g/mol. The van der Waals surface area contributed by atoms with Crippen LogP contribution in [0, 0.1) is 5.82 Å². The molecule has 2 aromatic carbocycles. The fourth-order valence-corrected chi connectivity index (χ4v) is 3.01. The Labute approximate surface area is 120 Å². The zero-order chi connectivity index (χ0) is 13.9. The molecule has 4 heteroatoms. The predicted octanol–water partition coefficient (Wildman–Crippen LogP) is 4.11. The highest BCUT2D eigenvalue weighted by Crippen LogP contribution is 2.27. The van der Waals surface area contributed by atoms with E-state index in [1.165, 1.54) is 10.8 Å². The third-order valence-electron chi connectivity index (χ3n) is 3.12. The van der Waals surface area contributed by atoms with Gasteiger partial charge in [-0.1, -0.05) is 24.3 Å². The maximum Gasteiger partial charge on any atom is 0.165 e. The van der Waals surface area contributed by atoms with Crippen molar-refractivity contribution in [3.63, 3.8) is 0 Å². The van der Waals surface area contributed by atoms with Crippen molar-refractivity contribution in [2.75, 3.05) is 0 Å². The Morgan fingerprint density at radius 2 is 2.00 bits per heavy atom. The number of thiophene rings is 1. The van der Waals surface area contributed by atoms with Crippen molar-refractivity contribution in [3.05, 3.63) is 64.8 Å². The molecule has 0 aliphatic rings. The Balaban J connectivity index is 1.79. The lowest BCUT2D eigenvalue weighted by atomic mass is 10.2. The Bertz CT molecular complexity index is 736. The van der Waals surface area contributed by atoms with Gasteiger partial charge in [-0.2, -0.15) is 0 Å². The van der Waals surface area contributed by atoms with E-state index in [-0.39, 0.29) is 12.4 Å². The smallest absolute Gasteiger partial charge is 0.165 e. The van der Waals surface area contributed by atoms with Crippen molar-refractivity contribution in [1.29, 1.82) is 0 Å². The molecule has 0 spiro atoms. The van der Waals surface area contributed by atoms with Crippen LogP contribution in [0.1, 0.15) is 11.1 Å². The maximum absolute atomic E-state index is 13.7. The van der Waals surface area contributed by atoms with Crippen molar-refractivity contribution >= 4 is 21.4 Å². The highest BCUT2D eigenvalue weighted by atomic mass is 32.1. The van der Waals surface area contributed by atoms with Crippen molar-refractivity contribution in [2.24, 2.45) is 0 Å². The van der Waals surface area contributed by atoms with Crippen LogP contribution in [0.3, 0.4) is 0 Å². The Morgan fingerprint density at radius 3 is 2.80 bits per heavy atom. The van der Waals surface area contributed by atoms with Crippen molar-refractivity contribution in [2.45, 2.75) is 13.2 Å². The largest absolute Gasteiger partial charge is 0.486 e. The molecule has 0 aliphatic heterocycles. The Morgan fingerprint density at radius 1 is 1.15 bits per heavy atom. The second-order valence-electron chi connectivity index (χ2n) is 4.47. The minimum Gasteiger partial charge on any atom is -0.486 e. The molecule has 2 nitrogen and oxygen atoms in total. The molecule has 0 bridgehead atoms. The van der Waals surface area contributed by atoms with Crippen LogP contribution >= 0.6 is 11.3 Å². The third-order valence-corrected chi connectivity index (χ3v) is 4.14. The first-order chi connectivity index (χ1) is 9.78. The van der Waals surface area contributed by atoms with E-state index in [0.29, 0.717) is 12.2 Å². The Hall–Kier alpha value is -1.91. The lowest BCUT2D eigenvalue weighted by molar-refractivity contribution is 0.277. The number of hydrogen-bond acceptors (Lipinski definition) is 3. The van der Waals surface area contributed by atoms with E-state index in [9.17, 15) is 4.39 Å². The van der Waals surface area contributed by atoms with Crippen LogP contribution in [0.25, 0.3) is 10.1 Å². The molecule has 102 valence electrons. The minimum atomic E-state index is -0.448. The van der Waals surface area contributed by atoms with E-state index < -0.39 is 5.82 Å². The monoisotopic (exact) mass is 288 g/mol. The van der Waals surface area contributed by atoms with E-state index in [1.54, 1.807) is 23.5 Å². The minimum absolute atomic E-state index is 0.174. The molecule has 0 saturated heterocycles. The van der Waals surface area contributed by atoms with E-state index in [1.807, 2.05) is 23.6 Å². The summed E-state index contributed by atoms with van der Waals surface area (Å²) in [4.78, 5) is 0. The zero-order valence-electron chi connectivity index (χ0n) is 10.7. The summed E-state index contributed by atoms with van der Waals surface area (Å²) < 4.78 is 20.5. The lowest BCUT2D eigenvalue weighted by Crippen LogP contribution is -1.97. The molecule has 1 aromatic heterocycles. The number of rotatable bonds is 4. The van der Waals surface area contributed by atoms with Gasteiger partial charge in [0.1, 0.15) is 6.61 Å². The van der Waals surface area contributed by atoms with Gasteiger partial charge in [0.15, 0.2) is 11.6 Å². The highest BCUT2D eigenvalue weighted by molar-refractivity contribution is 7.17. The number of halogens is 1. The van der Waals surface area contributed by atoms with Gasteiger partial charge in [0, 0.05) is 10.3 Å². The maximum atomic E-state index is 13.7. The molecule has 0 amide bonds. The fraction of sp³-hybridized carbons (Fsp3) is 0.125. The molecule has 0 saturated carbocycles. The van der Waals surface area contributed by atoms with Crippen molar-refractivity contribution in [3.8, 4) is 5.75 Å². The quantitative estimate of drug-likeness (QED) is 0.783. The van der Waals surface area contributed by atoms with Gasteiger partial charge in [0.2, 0.25) is 0 Å². The molecule has 3 rings (SSSR count). The average molecular weight is 288 g/mol. The average Bonchev–Trinajstić information content (AvgIpc) is 2.89. The SMILES string of the molecule is OCc1ccc(OCc2csc3ccccc23)c(F)c1. The van der Waals surface area contributed by atoms with E-state index in [4.69, 9.17) is 9.84 Å². The van der Waals surface area contributed by atoms with Gasteiger partial charge < -0.3 is 9.84 Å². The fourth-order valence-electron chi connectivity index (χ4n) is 2.06. The van der Waals surface area contributed by atoms with Gasteiger partial charge in [0.05, 0.1) is 6.61 Å². The first kappa shape index (κ1) is 13.1. The summed E-state index contributed by atoms with van der Waals surface area (Å²) >= 11 is 1.65. The summed E-state index contributed by atoms with van der Waals surface area (Å²) in [5.41, 5.74) is 1.59. The van der Waals surface area contributed by atoms with Gasteiger partial charge in [-0.3, -0.25) is 0 Å². The molecule has 0 atom stereocenters. The molecule has 0 unspecified atom stereocenters. The van der Waals surface area contributed by atoms with Gasteiger partial charge >= 0.3 is 0 Å². The van der Waals surface area contributed by atoms with Crippen LogP contribution in [-0.2, 0) is 13.2 Å². The summed E-state index contributed by atoms with van der Waals surface area (Å²) in [5, 5.41) is 12.1. The first-order valence-electron chi connectivity index (χ1n) is 6.25. The van der Waals surface area contributed by atoms with Crippen LogP contribution in [-0.4, -0.2) is 5.11 Å². The highest BCUT2D eigenvalue weighted by Gasteiger charge is 2.07. The lowest BCUT2D eigenvalue weighted by Gasteiger charge is -2.07. The van der Waals surface area contributed by atoms with Gasteiger partial charge in [-0.15, -0.1) is 11.3 Å². The topological polar surface area (TPSA) is 29.5 Å². The molecule has 0 aliphatic carbocycles. The van der Waals surface area contributed by atoms with Gasteiger partial charge in [-0.25, -0.2) is 4.39 Å². The summed E-state index contributed by atoms with van der Waals surface area (Å²) in [7, 11) is 0. The standard InChI is InChI=1S/C16H13FO2S/c17-14-7-11(8-18)5-6-15(14)19-9-12-10-20-16-4-2-1-3-13(12)16/h1-7,10,18H,8-9H2. The van der Waals surface area contributed by atoms with E-state index in [0.717, 1.165) is 10.9 Å². The van der Waals surface area contributed by atoms with Crippen LogP contribution in [0.4, 0.5) is 4.39 Å². The third kappa shape index (κ3) is 2.53. The zero-order valence-corrected chi connectivity index (χ0v) is 11.5. The first-order valence-corrected chi connectivity index (χ1v) is 7.13.